The van der Waals surface area contributed by atoms with E-state index in [0.29, 0.717) is 18.0 Å². The van der Waals surface area contributed by atoms with Crippen LogP contribution in [0.1, 0.15) is 55.7 Å². The zero-order chi connectivity index (χ0) is 18.7. The van der Waals surface area contributed by atoms with Gasteiger partial charge < -0.3 is 15.4 Å². The Morgan fingerprint density at radius 1 is 1.27 bits per heavy atom. The van der Waals surface area contributed by atoms with E-state index in [4.69, 9.17) is 10.5 Å². The summed E-state index contributed by atoms with van der Waals surface area (Å²) in [5.41, 5.74) is 6.70. The molecule has 138 valence electrons. The zero-order valence-electron chi connectivity index (χ0n) is 15.5. The van der Waals surface area contributed by atoms with Crippen LogP contribution in [-0.4, -0.2) is 44.4 Å². The number of anilines is 1. The highest BCUT2D eigenvalue weighted by Gasteiger charge is 2.27. The third-order valence-electron chi connectivity index (χ3n) is 4.20. The summed E-state index contributed by atoms with van der Waals surface area (Å²) in [7, 11) is 0. The van der Waals surface area contributed by atoms with E-state index in [9.17, 15) is 4.79 Å². The van der Waals surface area contributed by atoms with Gasteiger partial charge in [-0.25, -0.2) is 15.0 Å². The van der Waals surface area contributed by atoms with Gasteiger partial charge in [0.1, 0.15) is 17.0 Å². The Balaban J connectivity index is 1.69. The van der Waals surface area contributed by atoms with Crippen LogP contribution < -0.4 is 10.5 Å². The van der Waals surface area contributed by atoms with E-state index >= 15 is 0 Å². The topological polar surface area (TPSA) is 94.2 Å². The molecule has 2 N–H and O–H groups in total. The monoisotopic (exact) mass is 355 g/mol. The molecule has 0 aliphatic carbocycles. The average Bonchev–Trinajstić information content (AvgIpc) is 2.60. The van der Waals surface area contributed by atoms with Crippen molar-refractivity contribution in [2.24, 2.45) is 0 Å². The van der Waals surface area contributed by atoms with Crippen LogP contribution in [0.3, 0.4) is 0 Å². The second-order valence-electron chi connectivity index (χ2n) is 7.52. The summed E-state index contributed by atoms with van der Waals surface area (Å²) in [6, 6.07) is 5.37. The van der Waals surface area contributed by atoms with Crippen LogP contribution >= 0.6 is 0 Å². The largest absolute Gasteiger partial charge is 0.487 e. The van der Waals surface area contributed by atoms with Crippen molar-refractivity contribution in [1.29, 1.82) is 0 Å². The van der Waals surface area contributed by atoms with E-state index in [1.807, 2.05) is 31.7 Å². The van der Waals surface area contributed by atoms with Gasteiger partial charge in [-0.1, -0.05) is 0 Å². The van der Waals surface area contributed by atoms with Gasteiger partial charge in [0.05, 0.1) is 11.9 Å². The Morgan fingerprint density at radius 3 is 2.73 bits per heavy atom. The fourth-order valence-corrected chi connectivity index (χ4v) is 3.10. The number of hydrogen-bond donors (Lipinski definition) is 1. The van der Waals surface area contributed by atoms with Gasteiger partial charge in [-0.3, -0.25) is 4.79 Å². The van der Waals surface area contributed by atoms with Crippen LogP contribution in [0, 0.1) is 0 Å². The molecule has 7 nitrogen and oxygen atoms in total. The summed E-state index contributed by atoms with van der Waals surface area (Å²) in [4.78, 5) is 27.2. The van der Waals surface area contributed by atoms with Crippen LogP contribution in [0.25, 0.3) is 0 Å². The number of carbonyl (C=O) groups is 1. The number of piperidine rings is 1. The molecule has 2 aromatic heterocycles. The third-order valence-corrected chi connectivity index (χ3v) is 4.20. The minimum Gasteiger partial charge on any atom is -0.487 e. The number of likely N-dealkylation sites (tertiary alicyclic amines) is 1. The molecule has 1 amide bonds. The van der Waals surface area contributed by atoms with E-state index in [1.54, 1.807) is 24.5 Å². The molecule has 1 aliphatic heterocycles. The Bertz CT molecular complexity index is 770. The maximum absolute atomic E-state index is 12.8. The van der Waals surface area contributed by atoms with Crippen molar-refractivity contribution in [3.8, 4) is 5.75 Å². The van der Waals surface area contributed by atoms with E-state index in [1.165, 1.54) is 0 Å². The van der Waals surface area contributed by atoms with E-state index in [2.05, 4.69) is 15.0 Å². The molecule has 1 unspecified atom stereocenters. The maximum atomic E-state index is 12.8. The summed E-state index contributed by atoms with van der Waals surface area (Å²) in [5, 5.41) is 0. The van der Waals surface area contributed by atoms with Crippen molar-refractivity contribution < 1.29 is 9.53 Å². The second-order valence-corrected chi connectivity index (χ2v) is 7.52. The van der Waals surface area contributed by atoms with Crippen molar-refractivity contribution in [3.05, 3.63) is 42.0 Å². The Kier molecular flexibility index (Phi) is 5.06. The fraction of sp³-hybridized carbons (Fsp3) is 0.474. The summed E-state index contributed by atoms with van der Waals surface area (Å²) < 4.78 is 5.75. The molecule has 0 saturated carbocycles. The lowest BCUT2D eigenvalue weighted by molar-refractivity contribution is 0.0699. The van der Waals surface area contributed by atoms with E-state index in [-0.39, 0.29) is 23.4 Å². The molecule has 0 radical (unpaired) electrons. The highest BCUT2D eigenvalue weighted by Crippen LogP contribution is 2.26. The molecule has 26 heavy (non-hydrogen) atoms. The number of pyridine rings is 1. The quantitative estimate of drug-likeness (QED) is 0.909. The number of hydrogen-bond acceptors (Lipinski definition) is 6. The first-order valence-electron chi connectivity index (χ1n) is 8.84. The van der Waals surface area contributed by atoms with Crippen molar-refractivity contribution in [2.75, 3.05) is 18.8 Å². The van der Waals surface area contributed by atoms with Gasteiger partial charge >= 0.3 is 0 Å². The molecule has 7 heteroatoms. The first kappa shape index (κ1) is 18.1. The molecule has 1 atom stereocenters. The molecule has 0 bridgehead atoms. The molecule has 3 heterocycles. The van der Waals surface area contributed by atoms with Crippen LogP contribution in [0.15, 0.2) is 30.6 Å². The van der Waals surface area contributed by atoms with Gasteiger partial charge in [0.15, 0.2) is 0 Å². The van der Waals surface area contributed by atoms with Crippen molar-refractivity contribution in [2.45, 2.75) is 45.1 Å². The summed E-state index contributed by atoms with van der Waals surface area (Å²) in [6.45, 7) is 7.24. The van der Waals surface area contributed by atoms with Gasteiger partial charge in [0.2, 0.25) is 5.95 Å². The molecule has 1 fully saturated rings. The number of amides is 1. The standard InChI is InChI=1S/C19H25N5O2/c1-19(2,3)26-14-6-7-16(22-11-14)17(25)24-10-4-5-13(12-24)15-8-9-21-18(20)23-15/h6-9,11,13H,4-5,10,12H2,1-3H3,(H2,20,21,23). The minimum atomic E-state index is -0.299. The second kappa shape index (κ2) is 7.27. The van der Waals surface area contributed by atoms with Gasteiger partial charge in [0.25, 0.3) is 5.91 Å². The molecule has 0 aromatic carbocycles. The van der Waals surface area contributed by atoms with Crippen LogP contribution in [-0.2, 0) is 0 Å². The lowest BCUT2D eigenvalue weighted by atomic mass is 9.94. The predicted octanol–water partition coefficient (Wildman–Crippen LogP) is 2.65. The smallest absolute Gasteiger partial charge is 0.272 e. The maximum Gasteiger partial charge on any atom is 0.272 e. The summed E-state index contributed by atoms with van der Waals surface area (Å²) >= 11 is 0. The van der Waals surface area contributed by atoms with Gasteiger partial charge in [0, 0.05) is 25.2 Å². The van der Waals surface area contributed by atoms with Gasteiger partial charge in [-0.2, -0.15) is 0 Å². The van der Waals surface area contributed by atoms with Crippen LogP contribution in [0.2, 0.25) is 0 Å². The lowest BCUT2D eigenvalue weighted by Crippen LogP contribution is -2.39. The normalized spacial score (nSPS) is 17.8. The number of rotatable bonds is 3. The predicted molar refractivity (Wildman–Crippen MR) is 98.9 cm³/mol. The first-order chi connectivity index (χ1) is 12.3. The Hall–Kier alpha value is -2.70. The molecular formula is C19H25N5O2. The highest BCUT2D eigenvalue weighted by atomic mass is 16.5. The van der Waals surface area contributed by atoms with Gasteiger partial charge in [-0.05, 0) is 51.8 Å². The summed E-state index contributed by atoms with van der Waals surface area (Å²) in [5.74, 6) is 1.02. The molecule has 1 saturated heterocycles. The van der Waals surface area contributed by atoms with Crippen LogP contribution in [0.4, 0.5) is 5.95 Å². The summed E-state index contributed by atoms with van der Waals surface area (Å²) in [6.07, 6.45) is 5.16. The number of nitrogen functional groups attached to an aromatic ring is 1. The number of ether oxygens (including phenoxy) is 1. The number of carbonyl (C=O) groups excluding carboxylic acids is 1. The first-order valence-corrected chi connectivity index (χ1v) is 8.84. The fourth-order valence-electron chi connectivity index (χ4n) is 3.10. The van der Waals surface area contributed by atoms with Gasteiger partial charge in [-0.15, -0.1) is 0 Å². The lowest BCUT2D eigenvalue weighted by Gasteiger charge is -2.32. The highest BCUT2D eigenvalue weighted by molar-refractivity contribution is 5.92. The van der Waals surface area contributed by atoms with Crippen molar-refractivity contribution in [3.63, 3.8) is 0 Å². The molecule has 2 aromatic rings. The van der Waals surface area contributed by atoms with E-state index < -0.39 is 0 Å². The Morgan fingerprint density at radius 2 is 2.08 bits per heavy atom. The number of nitrogens with two attached hydrogens (primary N) is 1. The number of aromatic nitrogens is 3. The molecular weight excluding hydrogens is 330 g/mol. The minimum absolute atomic E-state index is 0.0703. The van der Waals surface area contributed by atoms with Crippen molar-refractivity contribution >= 4 is 11.9 Å². The SMILES string of the molecule is CC(C)(C)Oc1ccc(C(=O)N2CCCC(c3ccnc(N)n3)C2)nc1. The third kappa shape index (κ3) is 4.47. The zero-order valence-corrected chi connectivity index (χ0v) is 15.5. The van der Waals surface area contributed by atoms with Crippen molar-refractivity contribution in [1.82, 2.24) is 19.9 Å². The van der Waals surface area contributed by atoms with E-state index in [0.717, 1.165) is 25.1 Å². The average molecular weight is 355 g/mol. The molecule has 3 rings (SSSR count). The van der Waals surface area contributed by atoms with Crippen LogP contribution in [0.5, 0.6) is 5.75 Å². The molecule has 0 spiro atoms. The molecule has 1 aliphatic rings. The number of nitrogens with zero attached hydrogens (tertiary/aromatic N) is 4. The Labute approximate surface area is 153 Å².